The van der Waals surface area contributed by atoms with Crippen LogP contribution in [0.15, 0.2) is 12.4 Å². The summed E-state index contributed by atoms with van der Waals surface area (Å²) in [7, 11) is 0. The summed E-state index contributed by atoms with van der Waals surface area (Å²) in [5, 5.41) is 9.67. The Hall–Kier alpha value is -0.830. The van der Waals surface area contributed by atoms with Crippen LogP contribution in [0.25, 0.3) is 0 Å². The van der Waals surface area contributed by atoms with Gasteiger partial charge in [0.05, 0.1) is 0 Å². The lowest BCUT2D eigenvalue weighted by atomic mass is 9.94. The number of hydrogen-bond donors (Lipinski definition) is 1. The predicted octanol–water partition coefficient (Wildman–Crippen LogP) is 2.37. The van der Waals surface area contributed by atoms with Crippen molar-refractivity contribution in [3.05, 3.63) is 18.2 Å². The Balaban J connectivity index is 0.000000461. The SMILES string of the molecule is CC.CCC1Cc2nccn2C(O)C1. The molecule has 80 valence electrons. The van der Waals surface area contributed by atoms with Gasteiger partial charge in [-0.05, 0) is 12.3 Å². The molecule has 1 aromatic rings. The Bertz CT molecular complexity index is 270. The zero-order valence-corrected chi connectivity index (χ0v) is 9.27. The van der Waals surface area contributed by atoms with E-state index in [-0.39, 0.29) is 6.23 Å². The van der Waals surface area contributed by atoms with Crippen molar-refractivity contribution in [1.82, 2.24) is 9.55 Å². The Morgan fingerprint density at radius 2 is 2.29 bits per heavy atom. The second-order valence-corrected chi connectivity index (χ2v) is 3.45. The smallest absolute Gasteiger partial charge is 0.132 e. The second-order valence-electron chi connectivity index (χ2n) is 3.45. The molecule has 0 aromatic carbocycles. The first-order valence-electron chi connectivity index (χ1n) is 5.51. The lowest BCUT2D eigenvalue weighted by molar-refractivity contribution is 0.0554. The molecule has 0 spiro atoms. The fraction of sp³-hybridized carbons (Fsp3) is 0.727. The Morgan fingerprint density at radius 3 is 2.93 bits per heavy atom. The van der Waals surface area contributed by atoms with Crippen LogP contribution < -0.4 is 0 Å². The highest BCUT2D eigenvalue weighted by Crippen LogP contribution is 2.27. The molecule has 1 aliphatic heterocycles. The molecule has 2 rings (SSSR count). The van der Waals surface area contributed by atoms with Crippen LogP contribution in [0.1, 0.15) is 45.7 Å². The third-order valence-corrected chi connectivity index (χ3v) is 2.66. The molecule has 0 amide bonds. The van der Waals surface area contributed by atoms with E-state index in [9.17, 15) is 5.11 Å². The summed E-state index contributed by atoms with van der Waals surface area (Å²) in [5.41, 5.74) is 0. The van der Waals surface area contributed by atoms with E-state index >= 15 is 0 Å². The van der Waals surface area contributed by atoms with Gasteiger partial charge >= 0.3 is 0 Å². The predicted molar refractivity (Wildman–Crippen MR) is 56.9 cm³/mol. The first kappa shape index (κ1) is 11.2. The number of imidazole rings is 1. The second kappa shape index (κ2) is 5.15. The molecular formula is C11H20N2O. The standard InChI is InChI=1S/C9H14N2O.C2H6/c1-2-7-5-8-10-3-4-11(8)9(12)6-7;1-2/h3-4,7,9,12H,2,5-6H2,1H3;1-2H3. The summed E-state index contributed by atoms with van der Waals surface area (Å²) in [6, 6.07) is 0. The van der Waals surface area contributed by atoms with Crippen LogP contribution in [-0.2, 0) is 6.42 Å². The lowest BCUT2D eigenvalue weighted by Gasteiger charge is -2.26. The van der Waals surface area contributed by atoms with Gasteiger partial charge in [-0.1, -0.05) is 27.2 Å². The minimum atomic E-state index is -0.346. The van der Waals surface area contributed by atoms with E-state index in [0.29, 0.717) is 5.92 Å². The fourth-order valence-electron chi connectivity index (χ4n) is 1.84. The molecule has 2 unspecified atom stereocenters. The molecule has 1 aromatic heterocycles. The van der Waals surface area contributed by atoms with Crippen molar-refractivity contribution >= 4 is 0 Å². The molecule has 0 saturated heterocycles. The van der Waals surface area contributed by atoms with Gasteiger partial charge in [0.1, 0.15) is 12.1 Å². The van der Waals surface area contributed by atoms with Gasteiger partial charge in [-0.15, -0.1) is 0 Å². The quantitative estimate of drug-likeness (QED) is 0.748. The third kappa shape index (κ3) is 2.15. The van der Waals surface area contributed by atoms with Crippen LogP contribution in [0.3, 0.4) is 0 Å². The lowest BCUT2D eigenvalue weighted by Crippen LogP contribution is -2.23. The summed E-state index contributed by atoms with van der Waals surface area (Å²) < 4.78 is 1.87. The highest BCUT2D eigenvalue weighted by Gasteiger charge is 2.23. The number of aromatic nitrogens is 2. The van der Waals surface area contributed by atoms with Crippen LogP contribution in [0, 0.1) is 5.92 Å². The van der Waals surface area contributed by atoms with Crippen molar-refractivity contribution in [2.45, 2.75) is 46.3 Å². The molecular weight excluding hydrogens is 176 g/mol. The van der Waals surface area contributed by atoms with E-state index in [0.717, 1.165) is 25.1 Å². The van der Waals surface area contributed by atoms with Gasteiger partial charge in [0.2, 0.25) is 0 Å². The van der Waals surface area contributed by atoms with Crippen molar-refractivity contribution in [1.29, 1.82) is 0 Å². The topological polar surface area (TPSA) is 38.0 Å². The number of aliphatic hydroxyl groups excluding tert-OH is 1. The molecule has 0 bridgehead atoms. The van der Waals surface area contributed by atoms with Crippen molar-refractivity contribution in [2.75, 3.05) is 0 Å². The highest BCUT2D eigenvalue weighted by molar-refractivity contribution is 4.98. The minimum absolute atomic E-state index is 0.346. The average molecular weight is 196 g/mol. The van der Waals surface area contributed by atoms with Gasteiger partial charge < -0.3 is 9.67 Å². The van der Waals surface area contributed by atoms with Crippen molar-refractivity contribution in [2.24, 2.45) is 5.92 Å². The molecule has 3 nitrogen and oxygen atoms in total. The van der Waals surface area contributed by atoms with E-state index in [1.165, 1.54) is 0 Å². The van der Waals surface area contributed by atoms with Crippen molar-refractivity contribution in [3.8, 4) is 0 Å². The number of fused-ring (bicyclic) bond motifs is 1. The van der Waals surface area contributed by atoms with Gasteiger partial charge in [0.25, 0.3) is 0 Å². The first-order chi connectivity index (χ1) is 6.81. The van der Waals surface area contributed by atoms with E-state index in [1.807, 2.05) is 24.6 Å². The van der Waals surface area contributed by atoms with Gasteiger partial charge in [0.15, 0.2) is 0 Å². The van der Waals surface area contributed by atoms with Gasteiger partial charge in [-0.3, -0.25) is 0 Å². The molecule has 0 aliphatic carbocycles. The maximum absolute atomic E-state index is 9.67. The van der Waals surface area contributed by atoms with E-state index in [2.05, 4.69) is 11.9 Å². The van der Waals surface area contributed by atoms with Crippen LogP contribution in [0.5, 0.6) is 0 Å². The van der Waals surface area contributed by atoms with Gasteiger partial charge in [-0.25, -0.2) is 4.98 Å². The van der Waals surface area contributed by atoms with Crippen molar-refractivity contribution < 1.29 is 5.11 Å². The van der Waals surface area contributed by atoms with Crippen LogP contribution >= 0.6 is 0 Å². The molecule has 2 atom stereocenters. The summed E-state index contributed by atoms with van der Waals surface area (Å²) in [6.07, 6.45) is 6.29. The summed E-state index contributed by atoms with van der Waals surface area (Å²) in [6.45, 7) is 6.16. The van der Waals surface area contributed by atoms with E-state index in [4.69, 9.17) is 0 Å². The maximum atomic E-state index is 9.67. The number of nitrogens with zero attached hydrogens (tertiary/aromatic N) is 2. The van der Waals surface area contributed by atoms with Gasteiger partial charge in [-0.2, -0.15) is 0 Å². The maximum Gasteiger partial charge on any atom is 0.132 e. The summed E-state index contributed by atoms with van der Waals surface area (Å²) in [5.74, 6) is 1.63. The minimum Gasteiger partial charge on any atom is -0.373 e. The van der Waals surface area contributed by atoms with Crippen LogP contribution in [0.4, 0.5) is 0 Å². The molecule has 0 radical (unpaired) electrons. The first-order valence-corrected chi connectivity index (χ1v) is 5.51. The molecule has 3 heteroatoms. The molecule has 2 heterocycles. The van der Waals surface area contributed by atoms with Crippen LogP contribution in [0.2, 0.25) is 0 Å². The molecule has 14 heavy (non-hydrogen) atoms. The molecule has 1 N–H and O–H groups in total. The number of hydrogen-bond acceptors (Lipinski definition) is 2. The fourth-order valence-corrected chi connectivity index (χ4v) is 1.84. The normalized spacial score (nSPS) is 24.9. The average Bonchev–Trinajstić information content (AvgIpc) is 2.69. The largest absolute Gasteiger partial charge is 0.373 e. The molecule has 1 aliphatic rings. The molecule has 0 saturated carbocycles. The molecule has 0 fully saturated rings. The van der Waals surface area contributed by atoms with Gasteiger partial charge in [0, 0.05) is 18.8 Å². The van der Waals surface area contributed by atoms with Crippen LogP contribution in [-0.4, -0.2) is 14.7 Å². The van der Waals surface area contributed by atoms with E-state index < -0.39 is 0 Å². The number of aliphatic hydroxyl groups is 1. The Labute approximate surface area is 85.8 Å². The van der Waals surface area contributed by atoms with Crippen molar-refractivity contribution in [3.63, 3.8) is 0 Å². The highest BCUT2D eigenvalue weighted by atomic mass is 16.3. The summed E-state index contributed by atoms with van der Waals surface area (Å²) >= 11 is 0. The Kier molecular flexibility index (Phi) is 4.14. The zero-order valence-electron chi connectivity index (χ0n) is 9.27. The summed E-state index contributed by atoms with van der Waals surface area (Å²) in [4.78, 5) is 4.21. The number of rotatable bonds is 1. The third-order valence-electron chi connectivity index (χ3n) is 2.66. The monoisotopic (exact) mass is 196 g/mol. The van der Waals surface area contributed by atoms with E-state index in [1.54, 1.807) is 6.20 Å². The zero-order chi connectivity index (χ0) is 10.6. The Morgan fingerprint density at radius 1 is 1.57 bits per heavy atom.